The molecule has 0 atom stereocenters. The number of likely N-dealkylation sites (N-methyl/N-ethyl adjacent to an activating group) is 1. The molecule has 106 valence electrons. The lowest BCUT2D eigenvalue weighted by molar-refractivity contribution is -0.0573. The van der Waals surface area contributed by atoms with E-state index in [0.717, 1.165) is 0 Å². The number of aliphatic hydroxyl groups is 1. The Labute approximate surface area is 122 Å². The van der Waals surface area contributed by atoms with Crippen molar-refractivity contribution in [3.63, 3.8) is 0 Å². The van der Waals surface area contributed by atoms with E-state index >= 15 is 0 Å². The molecule has 0 unspecified atom stereocenters. The molecule has 1 aliphatic rings. The van der Waals surface area contributed by atoms with Gasteiger partial charge < -0.3 is 20.5 Å². The van der Waals surface area contributed by atoms with Gasteiger partial charge in [0.05, 0.1) is 15.6 Å². The summed E-state index contributed by atoms with van der Waals surface area (Å²) in [5, 5.41) is 11.2. The Hall–Kier alpha value is -0.750. The van der Waals surface area contributed by atoms with Crippen LogP contribution in [0, 0.1) is 0 Å². The smallest absolute Gasteiger partial charge is 0.149 e. The number of nitrogens with two attached hydrogens (primary N) is 1. The van der Waals surface area contributed by atoms with Crippen LogP contribution in [-0.2, 0) is 4.74 Å². The number of aromatic nitrogens is 1. The second-order valence-electron chi connectivity index (χ2n) is 4.85. The van der Waals surface area contributed by atoms with E-state index < -0.39 is 5.60 Å². The molecule has 1 aromatic rings. The molecule has 0 saturated carbocycles. The summed E-state index contributed by atoms with van der Waals surface area (Å²) in [6.07, 6.45) is 1.19. The van der Waals surface area contributed by atoms with E-state index in [0.29, 0.717) is 48.5 Å². The molecule has 2 heterocycles. The number of rotatable bonds is 3. The van der Waals surface area contributed by atoms with Gasteiger partial charge in [-0.15, -0.1) is 0 Å². The molecule has 0 aromatic carbocycles. The highest BCUT2D eigenvalue weighted by atomic mass is 35.5. The largest absolute Gasteiger partial charge is 0.388 e. The summed E-state index contributed by atoms with van der Waals surface area (Å²) in [5.74, 6) is 0.746. The van der Waals surface area contributed by atoms with E-state index in [-0.39, 0.29) is 5.82 Å². The third-order valence-electron chi connectivity index (χ3n) is 3.25. The standard InChI is InChI=1S/C12H17Cl2N3O2/c1-17(7-12(18)2-4-19-5-3-12)11-9(14)6-8(13)10(15)16-11/h6,18H,2-5,7H2,1H3,(H2,15,16). The van der Waals surface area contributed by atoms with Crippen LogP contribution < -0.4 is 10.6 Å². The van der Waals surface area contributed by atoms with Crippen molar-refractivity contribution in [3.05, 3.63) is 16.1 Å². The summed E-state index contributed by atoms with van der Waals surface area (Å²) in [7, 11) is 1.81. The van der Waals surface area contributed by atoms with E-state index in [2.05, 4.69) is 4.98 Å². The van der Waals surface area contributed by atoms with Gasteiger partial charge in [0.2, 0.25) is 0 Å². The van der Waals surface area contributed by atoms with Crippen LogP contribution >= 0.6 is 23.2 Å². The number of ether oxygens (including phenoxy) is 1. The Morgan fingerprint density at radius 2 is 2.05 bits per heavy atom. The average molecular weight is 306 g/mol. The van der Waals surface area contributed by atoms with E-state index in [9.17, 15) is 5.11 Å². The van der Waals surface area contributed by atoms with Gasteiger partial charge in [0.25, 0.3) is 0 Å². The monoisotopic (exact) mass is 305 g/mol. The second-order valence-corrected chi connectivity index (χ2v) is 5.67. The molecule has 2 rings (SSSR count). The summed E-state index contributed by atoms with van der Waals surface area (Å²) in [6.45, 7) is 1.55. The molecule has 0 spiro atoms. The Morgan fingerprint density at radius 1 is 1.42 bits per heavy atom. The van der Waals surface area contributed by atoms with Crippen LogP contribution in [0.2, 0.25) is 10.0 Å². The first-order valence-electron chi connectivity index (χ1n) is 6.04. The SMILES string of the molecule is CN(CC1(O)CCOCC1)c1nc(N)c(Cl)cc1Cl. The molecule has 19 heavy (non-hydrogen) atoms. The highest BCUT2D eigenvalue weighted by Gasteiger charge is 2.32. The fraction of sp³-hybridized carbons (Fsp3) is 0.583. The van der Waals surface area contributed by atoms with Crippen LogP contribution in [0.4, 0.5) is 11.6 Å². The molecule has 1 aliphatic heterocycles. The van der Waals surface area contributed by atoms with Crippen molar-refractivity contribution >= 4 is 34.8 Å². The highest BCUT2D eigenvalue weighted by molar-refractivity contribution is 6.37. The number of nitrogens with zero attached hydrogens (tertiary/aromatic N) is 2. The zero-order valence-electron chi connectivity index (χ0n) is 10.7. The molecule has 5 nitrogen and oxygen atoms in total. The summed E-state index contributed by atoms with van der Waals surface area (Å²) in [4.78, 5) is 5.96. The first-order chi connectivity index (χ1) is 8.91. The average Bonchev–Trinajstić information content (AvgIpc) is 2.34. The van der Waals surface area contributed by atoms with Crippen LogP contribution in [0.3, 0.4) is 0 Å². The van der Waals surface area contributed by atoms with Gasteiger partial charge in [-0.05, 0) is 6.07 Å². The number of hydrogen-bond donors (Lipinski definition) is 2. The Balaban J connectivity index is 2.15. The summed E-state index contributed by atoms with van der Waals surface area (Å²) in [6, 6.07) is 1.56. The molecule has 1 aromatic heterocycles. The summed E-state index contributed by atoms with van der Waals surface area (Å²) < 4.78 is 5.25. The van der Waals surface area contributed by atoms with Crippen LogP contribution in [0.1, 0.15) is 12.8 Å². The van der Waals surface area contributed by atoms with Gasteiger partial charge in [-0.1, -0.05) is 23.2 Å². The highest BCUT2D eigenvalue weighted by Crippen LogP contribution is 2.31. The Morgan fingerprint density at radius 3 is 2.68 bits per heavy atom. The van der Waals surface area contributed by atoms with E-state index in [1.165, 1.54) is 0 Å². The quantitative estimate of drug-likeness (QED) is 0.893. The van der Waals surface area contributed by atoms with Gasteiger partial charge >= 0.3 is 0 Å². The van der Waals surface area contributed by atoms with Gasteiger partial charge in [-0.25, -0.2) is 4.98 Å². The molecule has 0 radical (unpaired) electrons. The van der Waals surface area contributed by atoms with E-state index in [1.807, 2.05) is 7.05 Å². The topological polar surface area (TPSA) is 71.6 Å². The van der Waals surface area contributed by atoms with Gasteiger partial charge in [-0.3, -0.25) is 0 Å². The fourth-order valence-electron chi connectivity index (χ4n) is 2.16. The molecule has 1 fully saturated rings. The number of halogens is 2. The zero-order chi connectivity index (χ0) is 14.0. The Bertz CT molecular complexity index is 465. The van der Waals surface area contributed by atoms with Crippen molar-refractivity contribution in [2.45, 2.75) is 18.4 Å². The first-order valence-corrected chi connectivity index (χ1v) is 6.80. The van der Waals surface area contributed by atoms with Crippen molar-refractivity contribution in [2.75, 3.05) is 37.4 Å². The van der Waals surface area contributed by atoms with Crippen molar-refractivity contribution < 1.29 is 9.84 Å². The van der Waals surface area contributed by atoms with E-state index in [4.69, 9.17) is 33.7 Å². The molecule has 7 heteroatoms. The maximum atomic E-state index is 10.5. The van der Waals surface area contributed by atoms with Crippen molar-refractivity contribution in [1.29, 1.82) is 0 Å². The third-order valence-corrected chi connectivity index (χ3v) is 3.84. The lowest BCUT2D eigenvalue weighted by Crippen LogP contribution is -2.46. The number of anilines is 2. The maximum Gasteiger partial charge on any atom is 0.149 e. The molecule has 0 bridgehead atoms. The lowest BCUT2D eigenvalue weighted by atomic mass is 9.94. The molecule has 1 saturated heterocycles. The molecular weight excluding hydrogens is 289 g/mol. The minimum atomic E-state index is -0.785. The number of hydrogen-bond acceptors (Lipinski definition) is 5. The predicted octanol–water partition coefficient (Wildman–Crippen LogP) is 1.95. The minimum Gasteiger partial charge on any atom is -0.388 e. The van der Waals surface area contributed by atoms with Crippen LogP contribution in [0.15, 0.2) is 6.07 Å². The Kier molecular flexibility index (Phi) is 4.40. The van der Waals surface area contributed by atoms with Gasteiger partial charge in [0.15, 0.2) is 0 Å². The second kappa shape index (κ2) is 5.71. The normalized spacial score (nSPS) is 18.3. The maximum absolute atomic E-state index is 10.5. The molecular formula is C12H17Cl2N3O2. The van der Waals surface area contributed by atoms with Crippen LogP contribution in [0.5, 0.6) is 0 Å². The summed E-state index contributed by atoms with van der Waals surface area (Å²) >= 11 is 12.0. The molecule has 0 aliphatic carbocycles. The fourth-order valence-corrected chi connectivity index (χ4v) is 2.67. The molecule has 0 amide bonds. The lowest BCUT2D eigenvalue weighted by Gasteiger charge is -2.36. The van der Waals surface area contributed by atoms with Crippen molar-refractivity contribution in [2.24, 2.45) is 0 Å². The van der Waals surface area contributed by atoms with Gasteiger partial charge in [0.1, 0.15) is 11.6 Å². The summed E-state index contributed by atoms with van der Waals surface area (Å²) in [5.41, 5.74) is 4.90. The van der Waals surface area contributed by atoms with Crippen molar-refractivity contribution in [1.82, 2.24) is 4.98 Å². The third kappa shape index (κ3) is 3.42. The van der Waals surface area contributed by atoms with Gasteiger partial charge in [0, 0.05) is 39.6 Å². The number of nitrogen functional groups attached to an aromatic ring is 1. The number of pyridine rings is 1. The minimum absolute atomic E-state index is 0.229. The molecule has 3 N–H and O–H groups in total. The zero-order valence-corrected chi connectivity index (χ0v) is 12.2. The van der Waals surface area contributed by atoms with Crippen molar-refractivity contribution in [3.8, 4) is 0 Å². The van der Waals surface area contributed by atoms with E-state index in [1.54, 1.807) is 11.0 Å². The first kappa shape index (κ1) is 14.7. The van der Waals surface area contributed by atoms with Gasteiger partial charge in [-0.2, -0.15) is 0 Å². The van der Waals surface area contributed by atoms with Crippen LogP contribution in [0.25, 0.3) is 0 Å². The van der Waals surface area contributed by atoms with Crippen LogP contribution in [-0.4, -0.2) is 42.5 Å². The predicted molar refractivity (Wildman–Crippen MR) is 76.9 cm³/mol.